The summed E-state index contributed by atoms with van der Waals surface area (Å²) in [6.45, 7) is 19.9. The van der Waals surface area contributed by atoms with E-state index in [-0.39, 0.29) is 6.61 Å². The molecule has 1 saturated carbocycles. The Morgan fingerprint density at radius 3 is 1.82 bits per heavy atom. The van der Waals surface area contributed by atoms with Gasteiger partial charge in [-0.2, -0.15) is 0 Å². The Bertz CT molecular complexity index is 661. The minimum Gasteiger partial charge on any atom is -0.478 e. The lowest BCUT2D eigenvalue weighted by Gasteiger charge is -2.46. The fourth-order valence-corrected chi connectivity index (χ4v) is 22.1. The second-order valence-electron chi connectivity index (χ2n) is 11.6. The zero-order chi connectivity index (χ0) is 25.5. The van der Waals surface area contributed by atoms with Gasteiger partial charge in [0.15, 0.2) is 25.0 Å². The highest BCUT2D eigenvalue weighted by Crippen LogP contribution is 2.43. The van der Waals surface area contributed by atoms with Gasteiger partial charge in [-0.05, 0) is 70.3 Å². The average Bonchev–Trinajstić information content (AvgIpc) is 2.59. The zero-order valence-corrected chi connectivity index (χ0v) is 26.2. The highest BCUT2D eigenvalue weighted by Gasteiger charge is 2.50. The number of carbonyl (C=O) groups is 2. The number of carboxylic acid groups (broad SMARTS) is 1. The molecular formula is C22H46O7Si4. The van der Waals surface area contributed by atoms with E-state index in [1.807, 2.05) is 0 Å². The van der Waals surface area contributed by atoms with Crippen LogP contribution in [0.15, 0.2) is 12.2 Å². The van der Waals surface area contributed by atoms with Crippen molar-refractivity contribution in [1.82, 2.24) is 0 Å². The van der Waals surface area contributed by atoms with Crippen molar-refractivity contribution in [2.75, 3.05) is 6.61 Å². The molecule has 1 rings (SSSR count). The van der Waals surface area contributed by atoms with Crippen molar-refractivity contribution in [3.63, 3.8) is 0 Å². The largest absolute Gasteiger partial charge is 0.478 e. The Labute approximate surface area is 205 Å². The topological polar surface area (TPSA) is 91.3 Å². The summed E-state index contributed by atoms with van der Waals surface area (Å²) in [6.07, 6.45) is 8.52. The quantitative estimate of drug-likeness (QED) is 0.176. The standard InChI is InChI=1S/C22H46O7Si4/c1-30(2,3)27-33(9,28-31(4,5)6)29-32(7,8)20(19-13-11-10-12-14-19)17-18-26-22(25)16-15-21(23)24/h15-16,19-20H,10-14,17-18H2,1-9H3,(H,23,24). The van der Waals surface area contributed by atoms with Gasteiger partial charge in [0, 0.05) is 18.7 Å². The van der Waals surface area contributed by atoms with Crippen LogP contribution in [0.25, 0.3) is 0 Å². The lowest BCUT2D eigenvalue weighted by Crippen LogP contribution is -2.60. The molecule has 11 heteroatoms. The molecule has 0 bridgehead atoms. The smallest absolute Gasteiger partial charge is 0.466 e. The van der Waals surface area contributed by atoms with Crippen molar-refractivity contribution in [2.45, 2.75) is 103 Å². The Hall–Kier alpha value is -0.572. The van der Waals surface area contributed by atoms with Crippen LogP contribution in [0.1, 0.15) is 38.5 Å². The maximum absolute atomic E-state index is 11.9. The van der Waals surface area contributed by atoms with Crippen molar-refractivity contribution in [1.29, 1.82) is 0 Å². The highest BCUT2D eigenvalue weighted by molar-refractivity contribution is 6.90. The number of hydrogen-bond acceptors (Lipinski definition) is 6. The van der Waals surface area contributed by atoms with E-state index >= 15 is 0 Å². The predicted molar refractivity (Wildman–Crippen MR) is 142 cm³/mol. The monoisotopic (exact) mass is 534 g/mol. The van der Waals surface area contributed by atoms with Crippen LogP contribution in [-0.2, 0) is 26.7 Å². The van der Waals surface area contributed by atoms with Crippen molar-refractivity contribution in [3.05, 3.63) is 12.2 Å². The predicted octanol–water partition coefficient (Wildman–Crippen LogP) is 6.00. The zero-order valence-electron chi connectivity index (χ0n) is 22.2. The van der Waals surface area contributed by atoms with Gasteiger partial charge in [-0.3, -0.25) is 0 Å². The number of rotatable bonds is 13. The fraction of sp³-hybridized carbons (Fsp3) is 0.818. The first-order valence-electron chi connectivity index (χ1n) is 12.1. The molecule has 0 radical (unpaired) electrons. The molecule has 1 unspecified atom stereocenters. The number of aliphatic carboxylic acids is 1. The summed E-state index contributed by atoms with van der Waals surface area (Å²) < 4.78 is 25.6. The summed E-state index contributed by atoms with van der Waals surface area (Å²) in [4.78, 5) is 22.5. The van der Waals surface area contributed by atoms with Crippen molar-refractivity contribution in [3.8, 4) is 0 Å². The van der Waals surface area contributed by atoms with Crippen LogP contribution in [0.2, 0.25) is 64.5 Å². The third-order valence-corrected chi connectivity index (χ3v) is 19.6. The summed E-state index contributed by atoms with van der Waals surface area (Å²) in [6, 6.07) is 0. The van der Waals surface area contributed by atoms with Gasteiger partial charge in [-0.25, -0.2) is 9.59 Å². The molecular weight excluding hydrogens is 489 g/mol. The number of carbonyl (C=O) groups excluding carboxylic acids is 1. The third kappa shape index (κ3) is 12.6. The molecule has 0 amide bonds. The average molecular weight is 535 g/mol. The second kappa shape index (κ2) is 12.4. The summed E-state index contributed by atoms with van der Waals surface area (Å²) in [5.41, 5.74) is 0.302. The van der Waals surface area contributed by atoms with E-state index in [9.17, 15) is 9.59 Å². The van der Waals surface area contributed by atoms with Crippen LogP contribution in [0, 0.1) is 5.92 Å². The van der Waals surface area contributed by atoms with E-state index in [0.717, 1.165) is 12.2 Å². The molecule has 0 aromatic carbocycles. The van der Waals surface area contributed by atoms with Crippen molar-refractivity contribution in [2.24, 2.45) is 5.92 Å². The summed E-state index contributed by atoms with van der Waals surface area (Å²) in [7, 11) is -8.97. The van der Waals surface area contributed by atoms with Crippen LogP contribution < -0.4 is 0 Å². The van der Waals surface area contributed by atoms with Crippen molar-refractivity contribution < 1.29 is 31.8 Å². The molecule has 0 saturated heterocycles. The molecule has 0 spiro atoms. The Morgan fingerprint density at radius 1 is 0.848 bits per heavy atom. The minimum absolute atomic E-state index is 0.256. The molecule has 0 aliphatic heterocycles. The first-order valence-corrected chi connectivity index (χ1v) is 24.1. The third-order valence-electron chi connectivity index (χ3n) is 5.58. The molecule has 0 aromatic heterocycles. The van der Waals surface area contributed by atoms with Gasteiger partial charge in [0.25, 0.3) is 0 Å². The van der Waals surface area contributed by atoms with E-state index in [2.05, 4.69) is 58.9 Å². The molecule has 1 N–H and O–H groups in total. The van der Waals surface area contributed by atoms with Gasteiger partial charge in [0.05, 0.1) is 6.61 Å². The number of hydrogen-bond donors (Lipinski definition) is 1. The lowest BCUT2D eigenvalue weighted by atomic mass is 9.85. The minimum atomic E-state index is -2.87. The lowest BCUT2D eigenvalue weighted by molar-refractivity contribution is -0.139. The van der Waals surface area contributed by atoms with Crippen LogP contribution in [0.3, 0.4) is 0 Å². The molecule has 1 aliphatic carbocycles. The Kier molecular flexibility index (Phi) is 11.5. The molecule has 1 atom stereocenters. The van der Waals surface area contributed by atoms with Gasteiger partial charge < -0.3 is 22.2 Å². The molecule has 192 valence electrons. The van der Waals surface area contributed by atoms with E-state index in [1.165, 1.54) is 32.1 Å². The molecule has 33 heavy (non-hydrogen) atoms. The molecule has 0 heterocycles. The number of ether oxygens (including phenoxy) is 1. The van der Waals surface area contributed by atoms with Gasteiger partial charge in [-0.15, -0.1) is 0 Å². The van der Waals surface area contributed by atoms with Crippen LogP contribution >= 0.6 is 0 Å². The molecule has 1 aliphatic rings. The van der Waals surface area contributed by atoms with E-state index in [4.69, 9.17) is 22.2 Å². The SMILES string of the molecule is C[Si](C)(C)O[Si](C)(O[Si](C)(C)C)O[Si](C)(C)C(CCOC(=O)C=CC(=O)O)C1CCCCC1. The van der Waals surface area contributed by atoms with E-state index < -0.39 is 45.7 Å². The van der Waals surface area contributed by atoms with E-state index in [0.29, 0.717) is 17.9 Å². The van der Waals surface area contributed by atoms with Crippen molar-refractivity contribution >= 4 is 45.7 Å². The van der Waals surface area contributed by atoms with E-state index in [1.54, 1.807) is 0 Å². The maximum atomic E-state index is 11.9. The van der Waals surface area contributed by atoms with Gasteiger partial charge >= 0.3 is 20.7 Å². The first kappa shape index (κ1) is 30.5. The number of esters is 1. The summed E-state index contributed by atoms with van der Waals surface area (Å²) >= 11 is 0. The fourth-order valence-electron chi connectivity index (χ4n) is 4.89. The normalized spacial score (nSPS) is 17.8. The van der Waals surface area contributed by atoms with Gasteiger partial charge in [-0.1, -0.05) is 32.1 Å². The Balaban J connectivity index is 3.06. The van der Waals surface area contributed by atoms with Crippen LogP contribution in [0.5, 0.6) is 0 Å². The molecule has 0 aromatic rings. The van der Waals surface area contributed by atoms with Gasteiger partial charge in [0.1, 0.15) is 0 Å². The maximum Gasteiger partial charge on any atom is 0.466 e. The highest BCUT2D eigenvalue weighted by atomic mass is 28.5. The number of carboxylic acids is 1. The van der Waals surface area contributed by atoms with Gasteiger partial charge in [0.2, 0.25) is 0 Å². The molecule has 1 fully saturated rings. The first-order chi connectivity index (χ1) is 14.9. The van der Waals surface area contributed by atoms with Crippen LogP contribution in [0.4, 0.5) is 0 Å². The summed E-state index contributed by atoms with van der Waals surface area (Å²) in [5.74, 6) is -1.25. The molecule has 7 nitrogen and oxygen atoms in total. The summed E-state index contributed by atoms with van der Waals surface area (Å²) in [5, 5.41) is 8.70. The van der Waals surface area contributed by atoms with Crippen LogP contribution in [-0.4, -0.2) is 57.4 Å². The Morgan fingerprint density at radius 2 is 1.36 bits per heavy atom. The second-order valence-corrected chi connectivity index (χ2v) is 28.2.